The molecule has 0 unspecified atom stereocenters. The van der Waals surface area contributed by atoms with Crippen molar-refractivity contribution in [2.45, 2.75) is 32.1 Å². The monoisotopic (exact) mass is 182 g/mol. The smallest absolute Gasteiger partial charge is 0.306 e. The van der Waals surface area contributed by atoms with E-state index in [-0.39, 0.29) is 5.97 Å². The SMILES string of the molecule is C=CCCCCOC(=O)CCC=C. The minimum atomic E-state index is -0.126. The summed E-state index contributed by atoms with van der Waals surface area (Å²) in [6.07, 6.45) is 7.70. The maximum absolute atomic E-state index is 10.9. The second kappa shape index (κ2) is 9.04. The van der Waals surface area contributed by atoms with E-state index in [1.54, 1.807) is 6.08 Å². The first-order chi connectivity index (χ1) is 6.31. The van der Waals surface area contributed by atoms with Crippen LogP contribution in [0.15, 0.2) is 25.3 Å². The lowest BCUT2D eigenvalue weighted by molar-refractivity contribution is -0.143. The van der Waals surface area contributed by atoms with Crippen molar-refractivity contribution >= 4 is 5.97 Å². The van der Waals surface area contributed by atoms with Crippen LogP contribution in [0.3, 0.4) is 0 Å². The zero-order valence-electron chi connectivity index (χ0n) is 8.13. The standard InChI is InChI=1S/C11H18O2/c1-3-5-7-8-10-13-11(12)9-6-4-2/h3-4H,1-2,5-10H2. The largest absolute Gasteiger partial charge is 0.466 e. The van der Waals surface area contributed by atoms with Crippen molar-refractivity contribution in [2.75, 3.05) is 6.61 Å². The Morgan fingerprint density at radius 3 is 2.46 bits per heavy atom. The van der Waals surface area contributed by atoms with Gasteiger partial charge in [0.2, 0.25) is 0 Å². The summed E-state index contributed by atoms with van der Waals surface area (Å²) >= 11 is 0. The topological polar surface area (TPSA) is 26.3 Å². The zero-order chi connectivity index (χ0) is 9.94. The maximum atomic E-state index is 10.9. The Hall–Kier alpha value is -1.05. The molecule has 0 spiro atoms. The fourth-order valence-electron chi connectivity index (χ4n) is 0.869. The summed E-state index contributed by atoms with van der Waals surface area (Å²) in [5, 5.41) is 0. The third kappa shape index (κ3) is 8.86. The molecule has 0 aliphatic rings. The molecule has 0 fully saturated rings. The predicted molar refractivity (Wildman–Crippen MR) is 54.4 cm³/mol. The molecule has 0 aromatic rings. The quantitative estimate of drug-likeness (QED) is 0.328. The van der Waals surface area contributed by atoms with E-state index in [2.05, 4.69) is 13.2 Å². The van der Waals surface area contributed by atoms with Gasteiger partial charge in [0.15, 0.2) is 0 Å². The van der Waals surface area contributed by atoms with Gasteiger partial charge in [-0.15, -0.1) is 13.2 Å². The highest BCUT2D eigenvalue weighted by atomic mass is 16.5. The molecule has 0 amide bonds. The molecule has 0 atom stereocenters. The summed E-state index contributed by atoms with van der Waals surface area (Å²) in [6, 6.07) is 0. The van der Waals surface area contributed by atoms with Gasteiger partial charge in [0.25, 0.3) is 0 Å². The molecule has 0 bridgehead atoms. The maximum Gasteiger partial charge on any atom is 0.306 e. The Bertz CT molecular complexity index is 161. The van der Waals surface area contributed by atoms with Crippen LogP contribution in [0.25, 0.3) is 0 Å². The Morgan fingerprint density at radius 2 is 1.85 bits per heavy atom. The second-order valence-electron chi connectivity index (χ2n) is 2.83. The number of hydrogen-bond donors (Lipinski definition) is 0. The molecular weight excluding hydrogens is 164 g/mol. The lowest BCUT2D eigenvalue weighted by Gasteiger charge is -2.02. The minimum Gasteiger partial charge on any atom is -0.466 e. The molecule has 0 N–H and O–H groups in total. The number of hydrogen-bond acceptors (Lipinski definition) is 2. The van der Waals surface area contributed by atoms with Crippen molar-refractivity contribution < 1.29 is 9.53 Å². The molecule has 0 aliphatic carbocycles. The minimum absolute atomic E-state index is 0.126. The van der Waals surface area contributed by atoms with Crippen molar-refractivity contribution in [2.24, 2.45) is 0 Å². The highest BCUT2D eigenvalue weighted by molar-refractivity contribution is 5.69. The summed E-state index contributed by atoms with van der Waals surface area (Å²) in [4.78, 5) is 10.9. The van der Waals surface area contributed by atoms with Gasteiger partial charge in [-0.25, -0.2) is 0 Å². The third-order valence-corrected chi connectivity index (χ3v) is 1.62. The third-order valence-electron chi connectivity index (χ3n) is 1.62. The first kappa shape index (κ1) is 11.9. The Kier molecular flexibility index (Phi) is 8.31. The highest BCUT2D eigenvalue weighted by Crippen LogP contribution is 1.98. The van der Waals surface area contributed by atoms with Crippen LogP contribution in [-0.2, 0) is 9.53 Å². The summed E-state index contributed by atoms with van der Waals surface area (Å²) < 4.78 is 4.97. The van der Waals surface area contributed by atoms with Gasteiger partial charge < -0.3 is 4.74 Å². The zero-order valence-corrected chi connectivity index (χ0v) is 8.13. The van der Waals surface area contributed by atoms with Crippen molar-refractivity contribution in [3.05, 3.63) is 25.3 Å². The van der Waals surface area contributed by atoms with E-state index in [1.807, 2.05) is 6.08 Å². The van der Waals surface area contributed by atoms with E-state index in [9.17, 15) is 4.79 Å². The molecule has 0 aromatic carbocycles. The summed E-state index contributed by atoms with van der Waals surface area (Å²) in [7, 11) is 0. The van der Waals surface area contributed by atoms with E-state index in [0.717, 1.165) is 19.3 Å². The second-order valence-corrected chi connectivity index (χ2v) is 2.83. The molecule has 74 valence electrons. The van der Waals surface area contributed by atoms with Crippen LogP contribution in [0.5, 0.6) is 0 Å². The first-order valence-electron chi connectivity index (χ1n) is 4.68. The molecule has 2 nitrogen and oxygen atoms in total. The van der Waals surface area contributed by atoms with Crippen molar-refractivity contribution in [1.82, 2.24) is 0 Å². The van der Waals surface area contributed by atoms with Gasteiger partial charge >= 0.3 is 5.97 Å². The molecule has 0 saturated heterocycles. The van der Waals surface area contributed by atoms with Crippen LogP contribution in [0.1, 0.15) is 32.1 Å². The van der Waals surface area contributed by atoms with E-state index < -0.39 is 0 Å². The lowest BCUT2D eigenvalue weighted by Crippen LogP contribution is -2.04. The van der Waals surface area contributed by atoms with Gasteiger partial charge in [-0.3, -0.25) is 4.79 Å². The fraction of sp³-hybridized carbons (Fsp3) is 0.545. The summed E-state index contributed by atoms with van der Waals surface area (Å²) in [5.74, 6) is -0.126. The van der Waals surface area contributed by atoms with E-state index >= 15 is 0 Å². The Labute approximate surface area is 80.3 Å². The highest BCUT2D eigenvalue weighted by Gasteiger charge is 1.99. The van der Waals surface area contributed by atoms with Crippen molar-refractivity contribution in [1.29, 1.82) is 0 Å². The molecule has 0 heterocycles. The van der Waals surface area contributed by atoms with Crippen LogP contribution in [0.2, 0.25) is 0 Å². The van der Waals surface area contributed by atoms with Crippen LogP contribution in [0.4, 0.5) is 0 Å². The first-order valence-corrected chi connectivity index (χ1v) is 4.68. The summed E-state index contributed by atoms with van der Waals surface area (Å²) in [6.45, 7) is 7.68. The van der Waals surface area contributed by atoms with Crippen LogP contribution >= 0.6 is 0 Å². The number of ether oxygens (including phenoxy) is 1. The number of esters is 1. The van der Waals surface area contributed by atoms with Crippen molar-refractivity contribution in [3.63, 3.8) is 0 Å². The molecule has 0 rings (SSSR count). The van der Waals surface area contributed by atoms with Crippen LogP contribution < -0.4 is 0 Å². The molecular formula is C11H18O2. The average Bonchev–Trinajstić information content (AvgIpc) is 2.14. The molecule has 2 heteroatoms. The van der Waals surface area contributed by atoms with Gasteiger partial charge in [0.05, 0.1) is 6.61 Å². The normalized spacial score (nSPS) is 9.23. The Morgan fingerprint density at radius 1 is 1.15 bits per heavy atom. The van der Waals surface area contributed by atoms with Crippen LogP contribution in [-0.4, -0.2) is 12.6 Å². The average molecular weight is 182 g/mol. The predicted octanol–water partition coefficient (Wildman–Crippen LogP) is 2.85. The van der Waals surface area contributed by atoms with Crippen LogP contribution in [0, 0.1) is 0 Å². The van der Waals surface area contributed by atoms with Gasteiger partial charge in [-0.05, 0) is 25.7 Å². The molecule has 0 aromatic heterocycles. The molecule has 0 radical (unpaired) electrons. The van der Waals surface area contributed by atoms with Gasteiger partial charge in [0, 0.05) is 6.42 Å². The van der Waals surface area contributed by atoms with E-state index in [4.69, 9.17) is 4.74 Å². The fourth-order valence-corrected chi connectivity index (χ4v) is 0.869. The number of carbonyl (C=O) groups excluding carboxylic acids is 1. The molecule has 0 aliphatic heterocycles. The number of allylic oxidation sites excluding steroid dienone is 2. The number of unbranched alkanes of at least 4 members (excludes halogenated alkanes) is 2. The Balaban J connectivity index is 3.16. The number of carbonyl (C=O) groups is 1. The molecule has 0 saturated carbocycles. The summed E-state index contributed by atoms with van der Waals surface area (Å²) in [5.41, 5.74) is 0. The van der Waals surface area contributed by atoms with Gasteiger partial charge in [0.1, 0.15) is 0 Å². The van der Waals surface area contributed by atoms with Crippen molar-refractivity contribution in [3.8, 4) is 0 Å². The number of rotatable bonds is 8. The van der Waals surface area contributed by atoms with Gasteiger partial charge in [-0.2, -0.15) is 0 Å². The van der Waals surface area contributed by atoms with Gasteiger partial charge in [-0.1, -0.05) is 12.2 Å². The van der Waals surface area contributed by atoms with E-state index in [0.29, 0.717) is 19.4 Å². The molecule has 13 heavy (non-hydrogen) atoms. The lowest BCUT2D eigenvalue weighted by atomic mass is 10.2. The van der Waals surface area contributed by atoms with E-state index in [1.165, 1.54) is 0 Å².